The summed E-state index contributed by atoms with van der Waals surface area (Å²) in [5, 5.41) is 4.18. The van der Waals surface area contributed by atoms with E-state index in [-0.39, 0.29) is 0 Å². The van der Waals surface area contributed by atoms with Gasteiger partial charge in [-0.05, 0) is 66.0 Å². The van der Waals surface area contributed by atoms with E-state index < -0.39 is 0 Å². The minimum absolute atomic E-state index is 1.20. The Morgan fingerprint density at radius 1 is 0.571 bits per heavy atom. The highest BCUT2D eigenvalue weighted by molar-refractivity contribution is 9.11. The minimum Gasteiger partial charge on any atom is -0.134 e. The summed E-state index contributed by atoms with van der Waals surface area (Å²) in [4.78, 5) is 0. The number of hydrogen-bond donors (Lipinski definition) is 0. The molecule has 0 aliphatic rings. The summed E-state index contributed by atoms with van der Waals surface area (Å²) in [5.74, 6) is 0. The number of hydrogen-bond acceptors (Lipinski definition) is 4. The second-order valence-corrected chi connectivity index (χ2v) is 13.0. The largest absolute Gasteiger partial charge is 0.134 e. The van der Waals surface area contributed by atoms with Gasteiger partial charge in [0.2, 0.25) is 0 Å². The molecule has 0 N–H and O–H groups in total. The van der Waals surface area contributed by atoms with Crippen LogP contribution in [0.15, 0.2) is 29.6 Å². The van der Waals surface area contributed by atoms with Crippen molar-refractivity contribution < 1.29 is 0 Å². The van der Waals surface area contributed by atoms with Gasteiger partial charge in [0.1, 0.15) is 0 Å². The van der Waals surface area contributed by atoms with Gasteiger partial charge in [-0.1, -0.05) is 0 Å². The zero-order chi connectivity index (χ0) is 14.3. The van der Waals surface area contributed by atoms with Gasteiger partial charge in [-0.2, -0.15) is 0 Å². The summed E-state index contributed by atoms with van der Waals surface area (Å²) >= 11 is 18.4. The molecule has 21 heavy (non-hydrogen) atoms. The molecule has 0 aliphatic heterocycles. The van der Waals surface area contributed by atoms with E-state index in [0.29, 0.717) is 0 Å². The van der Waals surface area contributed by atoms with Crippen LogP contribution in [0.25, 0.3) is 39.7 Å². The first-order valence-corrected chi connectivity index (χ1v) is 11.6. The fraction of sp³-hybridized carbons (Fsp3) is 0. The summed E-state index contributed by atoms with van der Waals surface area (Å²) in [5.41, 5.74) is 0. The highest BCUT2D eigenvalue weighted by atomic mass is 79.9. The van der Waals surface area contributed by atoms with Gasteiger partial charge < -0.3 is 0 Å². The van der Waals surface area contributed by atoms with Crippen molar-refractivity contribution in [2.24, 2.45) is 0 Å². The molecule has 1 aromatic carbocycles. The van der Waals surface area contributed by atoms with Gasteiger partial charge in [-0.25, -0.2) is 0 Å². The smallest absolute Gasteiger partial charge is 0.0719 e. The number of benzene rings is 1. The molecule has 0 radical (unpaired) electrons. The first-order chi connectivity index (χ1) is 10.1. The predicted octanol–water partition coefficient (Wildman–Crippen LogP) is 8.83. The molecule has 4 aromatic heterocycles. The first kappa shape index (κ1) is 13.9. The Kier molecular flexibility index (Phi) is 3.14. The Bertz CT molecular complexity index is 1170. The summed E-state index contributed by atoms with van der Waals surface area (Å²) in [7, 11) is 0. The Morgan fingerprint density at radius 2 is 1.14 bits per heavy atom. The minimum atomic E-state index is 1.20. The van der Waals surface area contributed by atoms with Crippen LogP contribution in [0.5, 0.6) is 0 Å². The van der Waals surface area contributed by atoms with Gasteiger partial charge in [0, 0.05) is 25.6 Å². The van der Waals surface area contributed by atoms with E-state index in [9.17, 15) is 0 Å². The average Bonchev–Trinajstić information content (AvgIpc) is 3.10. The second-order valence-electron chi connectivity index (χ2n) is 4.64. The van der Waals surface area contributed by atoms with E-state index in [1.807, 2.05) is 45.3 Å². The Morgan fingerprint density at radius 3 is 1.90 bits per heavy atom. The highest BCUT2D eigenvalue weighted by Crippen LogP contribution is 2.52. The lowest BCUT2D eigenvalue weighted by Crippen LogP contribution is -1.68. The number of halogens is 3. The molecule has 0 spiro atoms. The van der Waals surface area contributed by atoms with Gasteiger partial charge in [-0.3, -0.25) is 0 Å². The van der Waals surface area contributed by atoms with Crippen LogP contribution in [-0.2, 0) is 0 Å². The summed E-state index contributed by atoms with van der Waals surface area (Å²) in [6, 6.07) is 6.78. The van der Waals surface area contributed by atoms with Crippen LogP contribution >= 0.6 is 93.1 Å². The van der Waals surface area contributed by atoms with Crippen LogP contribution < -0.4 is 0 Å². The number of rotatable bonds is 0. The zero-order valence-corrected chi connectivity index (χ0v) is 18.0. The lowest BCUT2D eigenvalue weighted by Gasteiger charge is -1.97. The molecule has 0 bridgehead atoms. The molecule has 0 aliphatic carbocycles. The number of fused-ring (bicyclic) bond motifs is 8. The summed E-state index contributed by atoms with van der Waals surface area (Å²) in [6.45, 7) is 0. The van der Waals surface area contributed by atoms with Crippen molar-refractivity contribution in [1.29, 1.82) is 0 Å². The third-order valence-corrected chi connectivity index (χ3v) is 9.85. The molecule has 4 heterocycles. The van der Waals surface area contributed by atoms with Crippen LogP contribution in [0, 0.1) is 0 Å². The predicted molar refractivity (Wildman–Crippen MR) is 111 cm³/mol. The molecule has 0 fully saturated rings. The zero-order valence-electron chi connectivity index (χ0n) is 10.00. The molecular weight excluding hydrogens is 536 g/mol. The lowest BCUT2D eigenvalue weighted by atomic mass is 10.1. The SMILES string of the molecule is Brc1cc2c(s1)c1sc(Br)cc1c1c3sc(Br)cc3sc21. The molecule has 7 heteroatoms. The van der Waals surface area contributed by atoms with Gasteiger partial charge in [-0.15, -0.1) is 45.3 Å². The summed E-state index contributed by atoms with van der Waals surface area (Å²) < 4.78 is 10.6. The quantitative estimate of drug-likeness (QED) is 0.185. The maximum atomic E-state index is 3.67. The van der Waals surface area contributed by atoms with Crippen LogP contribution in [-0.4, -0.2) is 0 Å². The Balaban J connectivity index is 2.21. The Labute approximate surface area is 160 Å². The standard InChI is InChI=1S/C14H3Br3S4/c15-7-1-4-10-11(18-6-3-9(17)21-14(6)10)5-2-8(16)20-13(5)12(4)19-7/h1-3H. The van der Waals surface area contributed by atoms with Crippen molar-refractivity contribution in [2.75, 3.05) is 0 Å². The maximum Gasteiger partial charge on any atom is 0.0719 e. The van der Waals surface area contributed by atoms with Crippen molar-refractivity contribution in [3.05, 3.63) is 29.6 Å². The molecular formula is C14H3Br3S4. The van der Waals surface area contributed by atoms with Gasteiger partial charge in [0.05, 0.1) is 25.5 Å². The van der Waals surface area contributed by atoms with Gasteiger partial charge >= 0.3 is 0 Å². The topological polar surface area (TPSA) is 0 Å². The average molecular weight is 539 g/mol. The monoisotopic (exact) mass is 536 g/mol. The molecule has 5 aromatic rings. The van der Waals surface area contributed by atoms with Crippen molar-refractivity contribution in [3.8, 4) is 0 Å². The molecule has 0 atom stereocenters. The lowest BCUT2D eigenvalue weighted by molar-refractivity contribution is 2.08. The molecule has 5 rings (SSSR count). The molecule has 0 saturated heterocycles. The fourth-order valence-corrected chi connectivity index (χ4v) is 9.42. The normalized spacial score (nSPS) is 12.5. The molecule has 0 unspecified atom stereocenters. The van der Waals surface area contributed by atoms with E-state index in [2.05, 4.69) is 66.0 Å². The van der Waals surface area contributed by atoms with Crippen molar-refractivity contribution in [3.63, 3.8) is 0 Å². The van der Waals surface area contributed by atoms with Crippen LogP contribution in [0.4, 0.5) is 0 Å². The third-order valence-electron chi connectivity index (χ3n) is 3.46. The van der Waals surface area contributed by atoms with Crippen LogP contribution in [0.2, 0.25) is 0 Å². The van der Waals surface area contributed by atoms with Crippen molar-refractivity contribution in [1.82, 2.24) is 0 Å². The molecule has 0 amide bonds. The fourth-order valence-electron chi connectivity index (χ4n) is 2.71. The summed E-state index contributed by atoms with van der Waals surface area (Å²) in [6.07, 6.45) is 0. The number of thiophene rings is 4. The molecule has 0 nitrogen and oxygen atoms in total. The van der Waals surface area contributed by atoms with E-state index in [4.69, 9.17) is 0 Å². The van der Waals surface area contributed by atoms with E-state index in [1.165, 1.54) is 51.0 Å². The molecule has 0 saturated carbocycles. The molecule has 104 valence electrons. The van der Waals surface area contributed by atoms with Crippen LogP contribution in [0.1, 0.15) is 0 Å². The van der Waals surface area contributed by atoms with Gasteiger partial charge in [0.15, 0.2) is 0 Å². The van der Waals surface area contributed by atoms with Crippen LogP contribution in [0.3, 0.4) is 0 Å². The van der Waals surface area contributed by atoms with Gasteiger partial charge in [0.25, 0.3) is 0 Å². The maximum absolute atomic E-state index is 3.67. The van der Waals surface area contributed by atoms with Crippen molar-refractivity contribution in [2.45, 2.75) is 0 Å². The third kappa shape index (κ3) is 1.92. The Hall–Kier alpha value is 0.500. The van der Waals surface area contributed by atoms with E-state index in [0.717, 1.165) is 0 Å². The van der Waals surface area contributed by atoms with Crippen molar-refractivity contribution >= 4 is 133 Å². The van der Waals surface area contributed by atoms with E-state index in [1.54, 1.807) is 0 Å². The first-order valence-electron chi connectivity index (χ1n) is 5.93. The van der Waals surface area contributed by atoms with E-state index >= 15 is 0 Å². The highest BCUT2D eigenvalue weighted by Gasteiger charge is 2.19. The second kappa shape index (κ2) is 4.75.